The molecule has 2 rings (SSSR count). The fourth-order valence-corrected chi connectivity index (χ4v) is 3.26. The van der Waals surface area contributed by atoms with E-state index in [-0.39, 0.29) is 16.9 Å². The number of carbonyl (C=O) groups is 1. The molecule has 0 atom stereocenters. The number of sulfone groups is 1. The fourth-order valence-electron chi connectivity index (χ4n) is 2.46. The lowest BCUT2D eigenvalue weighted by atomic mass is 10.0. The first kappa shape index (κ1) is 19.2. The smallest absolute Gasteiger partial charge is 0.410 e. The number of rotatable bonds is 3. The molecule has 1 amide bonds. The van der Waals surface area contributed by atoms with Crippen molar-refractivity contribution in [2.75, 3.05) is 26.5 Å². The zero-order valence-electron chi connectivity index (χ0n) is 15.2. The van der Waals surface area contributed by atoms with E-state index in [0.29, 0.717) is 25.1 Å². The Morgan fingerprint density at radius 1 is 1.32 bits per heavy atom. The van der Waals surface area contributed by atoms with Crippen LogP contribution in [-0.2, 0) is 14.6 Å². The largest absolute Gasteiger partial charge is 0.480 e. The van der Waals surface area contributed by atoms with Crippen LogP contribution in [0.5, 0.6) is 5.88 Å². The van der Waals surface area contributed by atoms with Crippen LogP contribution in [-0.4, -0.2) is 56.5 Å². The molecule has 1 aliphatic rings. The zero-order valence-corrected chi connectivity index (χ0v) is 16.0. The molecule has 0 aliphatic carbocycles. The van der Waals surface area contributed by atoms with Crippen LogP contribution in [0.25, 0.3) is 5.57 Å². The number of aromatic nitrogens is 1. The van der Waals surface area contributed by atoms with Crippen molar-refractivity contribution in [3.05, 3.63) is 23.9 Å². The molecule has 0 aromatic carbocycles. The van der Waals surface area contributed by atoms with Gasteiger partial charge in [0.25, 0.3) is 0 Å². The normalized spacial score (nSPS) is 15.6. The summed E-state index contributed by atoms with van der Waals surface area (Å²) in [6.07, 6.45) is 4.92. The standard InChI is InChI=1S/C17H24N2O5S/c1-17(2,3)24-16(20)19-8-6-7-12(11-19)13-9-14(25(5,21)22)15(23-4)18-10-13/h7,9-10H,6,8,11H2,1-5H3. The highest BCUT2D eigenvalue weighted by molar-refractivity contribution is 7.90. The van der Waals surface area contributed by atoms with Crippen molar-refractivity contribution in [1.29, 1.82) is 0 Å². The predicted molar refractivity (Wildman–Crippen MR) is 94.3 cm³/mol. The lowest BCUT2D eigenvalue weighted by Crippen LogP contribution is -2.39. The second-order valence-corrected chi connectivity index (χ2v) is 8.91. The molecular formula is C17H24N2O5S. The lowest BCUT2D eigenvalue weighted by Gasteiger charge is -2.30. The molecule has 2 heterocycles. The van der Waals surface area contributed by atoms with Gasteiger partial charge in [-0.1, -0.05) is 6.08 Å². The molecule has 138 valence electrons. The van der Waals surface area contributed by atoms with Crippen LogP contribution >= 0.6 is 0 Å². The van der Waals surface area contributed by atoms with Gasteiger partial charge < -0.3 is 14.4 Å². The van der Waals surface area contributed by atoms with Gasteiger partial charge in [-0.3, -0.25) is 0 Å². The Hall–Kier alpha value is -2.09. The first-order chi connectivity index (χ1) is 11.5. The quantitative estimate of drug-likeness (QED) is 0.815. The number of nitrogens with zero attached hydrogens (tertiary/aromatic N) is 2. The molecule has 0 bridgehead atoms. The summed E-state index contributed by atoms with van der Waals surface area (Å²) in [6.45, 7) is 6.35. The second-order valence-electron chi connectivity index (χ2n) is 6.92. The molecule has 25 heavy (non-hydrogen) atoms. The zero-order chi connectivity index (χ0) is 18.8. The van der Waals surface area contributed by atoms with Crippen molar-refractivity contribution in [2.45, 2.75) is 37.7 Å². The maximum atomic E-state index is 12.3. The molecule has 0 N–H and O–H groups in total. The molecule has 0 saturated carbocycles. The number of pyridine rings is 1. The Morgan fingerprint density at radius 3 is 2.56 bits per heavy atom. The monoisotopic (exact) mass is 368 g/mol. The summed E-state index contributed by atoms with van der Waals surface area (Å²) < 4.78 is 34.3. The first-order valence-corrected chi connectivity index (χ1v) is 9.82. The molecule has 0 unspecified atom stereocenters. The molecule has 0 saturated heterocycles. The summed E-state index contributed by atoms with van der Waals surface area (Å²) >= 11 is 0. The van der Waals surface area contributed by atoms with E-state index in [1.165, 1.54) is 13.2 Å². The number of hydrogen-bond acceptors (Lipinski definition) is 6. The average molecular weight is 368 g/mol. The van der Waals surface area contributed by atoms with Gasteiger partial charge in [0.15, 0.2) is 9.84 Å². The number of hydrogen-bond donors (Lipinski definition) is 0. The van der Waals surface area contributed by atoms with Gasteiger partial charge in [-0.25, -0.2) is 18.2 Å². The minimum absolute atomic E-state index is 0.0304. The van der Waals surface area contributed by atoms with Crippen molar-refractivity contribution < 1.29 is 22.7 Å². The van der Waals surface area contributed by atoms with Gasteiger partial charge in [-0.2, -0.15) is 0 Å². The van der Waals surface area contributed by atoms with Gasteiger partial charge in [-0.05, 0) is 44.4 Å². The van der Waals surface area contributed by atoms with Crippen molar-refractivity contribution in [1.82, 2.24) is 9.88 Å². The van der Waals surface area contributed by atoms with Crippen LogP contribution in [0, 0.1) is 0 Å². The summed E-state index contributed by atoms with van der Waals surface area (Å²) in [5, 5.41) is 0. The highest BCUT2D eigenvalue weighted by Gasteiger charge is 2.26. The minimum Gasteiger partial charge on any atom is -0.480 e. The number of methoxy groups -OCH3 is 1. The van der Waals surface area contributed by atoms with Crippen molar-refractivity contribution in [2.24, 2.45) is 0 Å². The van der Waals surface area contributed by atoms with E-state index in [1.807, 2.05) is 26.8 Å². The van der Waals surface area contributed by atoms with Crippen molar-refractivity contribution in [3.8, 4) is 5.88 Å². The van der Waals surface area contributed by atoms with Crippen LogP contribution in [0.4, 0.5) is 4.79 Å². The van der Waals surface area contributed by atoms with Crippen LogP contribution in [0.15, 0.2) is 23.2 Å². The summed E-state index contributed by atoms with van der Waals surface area (Å²) in [7, 11) is -2.10. The Bertz CT molecular complexity index is 794. The number of amides is 1. The highest BCUT2D eigenvalue weighted by atomic mass is 32.2. The fraction of sp³-hybridized carbons (Fsp3) is 0.529. The number of carbonyl (C=O) groups excluding carboxylic acids is 1. The SMILES string of the molecule is COc1ncc(C2=CCCN(C(=O)OC(C)(C)C)C2)cc1S(C)(=O)=O. The molecular weight excluding hydrogens is 344 g/mol. The maximum Gasteiger partial charge on any atom is 0.410 e. The summed E-state index contributed by atoms with van der Waals surface area (Å²) in [5.74, 6) is 0.0617. The van der Waals surface area contributed by atoms with Crippen LogP contribution in [0.3, 0.4) is 0 Å². The van der Waals surface area contributed by atoms with Gasteiger partial charge in [0.05, 0.1) is 7.11 Å². The molecule has 0 spiro atoms. The Labute approximate surface area is 148 Å². The van der Waals surface area contributed by atoms with E-state index in [2.05, 4.69) is 4.98 Å². The summed E-state index contributed by atoms with van der Waals surface area (Å²) in [4.78, 5) is 18.0. The minimum atomic E-state index is -3.48. The molecule has 8 heteroatoms. The Balaban J connectivity index is 2.27. The molecule has 0 radical (unpaired) electrons. The molecule has 0 fully saturated rings. The van der Waals surface area contributed by atoms with E-state index >= 15 is 0 Å². The van der Waals surface area contributed by atoms with Gasteiger partial charge in [0.2, 0.25) is 5.88 Å². The highest BCUT2D eigenvalue weighted by Crippen LogP contribution is 2.28. The topological polar surface area (TPSA) is 85.8 Å². The lowest BCUT2D eigenvalue weighted by molar-refractivity contribution is 0.0273. The van der Waals surface area contributed by atoms with Gasteiger partial charge in [0.1, 0.15) is 10.5 Å². The van der Waals surface area contributed by atoms with E-state index < -0.39 is 15.4 Å². The molecule has 1 aromatic rings. The summed E-state index contributed by atoms with van der Waals surface area (Å²) in [5.41, 5.74) is 0.912. The van der Waals surface area contributed by atoms with E-state index in [4.69, 9.17) is 9.47 Å². The molecule has 7 nitrogen and oxygen atoms in total. The van der Waals surface area contributed by atoms with Crippen LogP contribution < -0.4 is 4.74 Å². The average Bonchev–Trinajstić information content (AvgIpc) is 2.52. The van der Waals surface area contributed by atoms with E-state index in [1.54, 1.807) is 11.1 Å². The Kier molecular flexibility index (Phi) is 5.41. The van der Waals surface area contributed by atoms with Crippen LogP contribution in [0.2, 0.25) is 0 Å². The van der Waals surface area contributed by atoms with Crippen molar-refractivity contribution in [3.63, 3.8) is 0 Å². The third kappa shape index (κ3) is 4.94. The summed E-state index contributed by atoms with van der Waals surface area (Å²) in [6, 6.07) is 1.53. The van der Waals surface area contributed by atoms with Gasteiger partial charge in [-0.15, -0.1) is 0 Å². The number of ether oxygens (including phenoxy) is 2. The molecule has 1 aliphatic heterocycles. The van der Waals surface area contributed by atoms with Gasteiger partial charge in [0, 0.05) is 25.5 Å². The third-order valence-corrected chi connectivity index (χ3v) is 4.68. The van der Waals surface area contributed by atoms with Gasteiger partial charge >= 0.3 is 6.09 Å². The predicted octanol–water partition coefficient (Wildman–Crippen LogP) is 2.52. The van der Waals surface area contributed by atoms with Crippen LogP contribution in [0.1, 0.15) is 32.8 Å². The first-order valence-electron chi connectivity index (χ1n) is 7.92. The van der Waals surface area contributed by atoms with E-state index in [0.717, 1.165) is 11.8 Å². The maximum absolute atomic E-state index is 12.3. The van der Waals surface area contributed by atoms with Crippen molar-refractivity contribution >= 4 is 21.5 Å². The molecule has 1 aromatic heterocycles. The Morgan fingerprint density at radius 2 is 2.00 bits per heavy atom. The third-order valence-electron chi connectivity index (χ3n) is 3.58. The van der Waals surface area contributed by atoms with E-state index in [9.17, 15) is 13.2 Å². The second kappa shape index (κ2) is 7.03.